The highest BCUT2D eigenvalue weighted by molar-refractivity contribution is 5.96. The molecular formula is C15H19FN4O. The normalized spacial score (nSPS) is 12.0. The number of nitrogens with one attached hydrogen (secondary N) is 2. The van der Waals surface area contributed by atoms with Gasteiger partial charge in [0.05, 0.1) is 11.4 Å². The summed E-state index contributed by atoms with van der Waals surface area (Å²) < 4.78 is 14.8. The monoisotopic (exact) mass is 290 g/mol. The molecule has 0 spiro atoms. The van der Waals surface area contributed by atoms with Crippen LogP contribution in [-0.2, 0) is 18.3 Å². The fraction of sp³-hybridized carbons (Fsp3) is 0.333. The summed E-state index contributed by atoms with van der Waals surface area (Å²) in [6, 6.07) is 5.36. The van der Waals surface area contributed by atoms with Gasteiger partial charge in [0.15, 0.2) is 0 Å². The number of hydrogen-bond donors (Lipinski definition) is 2. The van der Waals surface area contributed by atoms with Crippen LogP contribution in [0.2, 0.25) is 0 Å². The standard InChI is InChI=1S/C15H19FN4O/c1-4-13-14(9-20(3)19-13)17-10(2)15(21)18-12-7-5-6-11(16)8-12/h5-10,17H,4H2,1-3H3,(H,18,21)/t10-/m0/s1. The average Bonchev–Trinajstić information content (AvgIpc) is 2.78. The van der Waals surface area contributed by atoms with E-state index in [-0.39, 0.29) is 11.7 Å². The number of anilines is 2. The first-order valence-electron chi connectivity index (χ1n) is 6.85. The molecule has 0 unspecified atom stereocenters. The summed E-state index contributed by atoms with van der Waals surface area (Å²) in [5.41, 5.74) is 2.18. The van der Waals surface area contributed by atoms with Gasteiger partial charge >= 0.3 is 0 Å². The molecule has 112 valence electrons. The van der Waals surface area contributed by atoms with Crippen molar-refractivity contribution in [3.05, 3.63) is 42.0 Å². The van der Waals surface area contributed by atoms with E-state index in [1.54, 1.807) is 23.7 Å². The average molecular weight is 290 g/mol. The number of nitrogens with zero attached hydrogens (tertiary/aromatic N) is 2. The maximum Gasteiger partial charge on any atom is 0.246 e. The van der Waals surface area contributed by atoms with Crippen LogP contribution < -0.4 is 10.6 Å². The summed E-state index contributed by atoms with van der Waals surface area (Å²) in [6.45, 7) is 3.76. The third-order valence-electron chi connectivity index (χ3n) is 3.10. The summed E-state index contributed by atoms with van der Waals surface area (Å²) >= 11 is 0. The molecule has 1 heterocycles. The molecule has 0 fully saturated rings. The van der Waals surface area contributed by atoms with Gasteiger partial charge in [0.1, 0.15) is 11.9 Å². The van der Waals surface area contributed by atoms with E-state index in [9.17, 15) is 9.18 Å². The molecule has 1 aromatic carbocycles. The Morgan fingerprint density at radius 1 is 1.48 bits per heavy atom. The van der Waals surface area contributed by atoms with Crippen molar-refractivity contribution in [3.8, 4) is 0 Å². The Bertz CT molecular complexity index is 638. The van der Waals surface area contributed by atoms with Gasteiger partial charge in [0.25, 0.3) is 0 Å². The summed E-state index contributed by atoms with van der Waals surface area (Å²) in [7, 11) is 1.84. The summed E-state index contributed by atoms with van der Waals surface area (Å²) in [5.74, 6) is -0.611. The first-order valence-corrected chi connectivity index (χ1v) is 6.85. The number of halogens is 1. The van der Waals surface area contributed by atoms with E-state index in [1.807, 2.05) is 20.2 Å². The maximum absolute atomic E-state index is 13.1. The van der Waals surface area contributed by atoms with Gasteiger partial charge < -0.3 is 10.6 Å². The minimum atomic E-state index is -0.456. The Morgan fingerprint density at radius 2 is 2.24 bits per heavy atom. The Balaban J connectivity index is 2.02. The quantitative estimate of drug-likeness (QED) is 0.889. The minimum Gasteiger partial charge on any atom is -0.371 e. The number of amides is 1. The van der Waals surface area contributed by atoms with Crippen molar-refractivity contribution < 1.29 is 9.18 Å². The lowest BCUT2D eigenvalue weighted by Gasteiger charge is -2.15. The van der Waals surface area contributed by atoms with Gasteiger partial charge in [0, 0.05) is 18.9 Å². The van der Waals surface area contributed by atoms with E-state index < -0.39 is 6.04 Å². The number of carbonyl (C=O) groups is 1. The van der Waals surface area contributed by atoms with Crippen LogP contribution in [0.4, 0.5) is 15.8 Å². The number of aromatic nitrogens is 2. The van der Waals surface area contributed by atoms with E-state index in [4.69, 9.17) is 0 Å². The number of carbonyl (C=O) groups excluding carboxylic acids is 1. The van der Waals surface area contributed by atoms with Gasteiger partial charge in [-0.05, 0) is 31.5 Å². The highest BCUT2D eigenvalue weighted by Crippen LogP contribution is 2.16. The molecule has 0 bridgehead atoms. The second kappa shape index (κ2) is 6.39. The zero-order valence-corrected chi connectivity index (χ0v) is 12.4. The first kappa shape index (κ1) is 15.0. The molecule has 1 amide bonds. The van der Waals surface area contributed by atoms with Crippen molar-refractivity contribution in [2.45, 2.75) is 26.3 Å². The van der Waals surface area contributed by atoms with Gasteiger partial charge in [0.2, 0.25) is 5.91 Å². The van der Waals surface area contributed by atoms with E-state index >= 15 is 0 Å². The molecule has 0 radical (unpaired) electrons. The van der Waals surface area contributed by atoms with Crippen LogP contribution in [0.15, 0.2) is 30.5 Å². The van der Waals surface area contributed by atoms with Crippen molar-refractivity contribution in [2.75, 3.05) is 10.6 Å². The van der Waals surface area contributed by atoms with Gasteiger partial charge in [-0.25, -0.2) is 4.39 Å². The fourth-order valence-electron chi connectivity index (χ4n) is 2.03. The van der Waals surface area contributed by atoms with E-state index in [2.05, 4.69) is 15.7 Å². The molecule has 21 heavy (non-hydrogen) atoms. The molecule has 0 saturated carbocycles. The third-order valence-corrected chi connectivity index (χ3v) is 3.10. The predicted octanol–water partition coefficient (Wildman–Crippen LogP) is 2.56. The molecule has 0 aliphatic carbocycles. The van der Waals surface area contributed by atoms with Gasteiger partial charge in [-0.2, -0.15) is 5.10 Å². The largest absolute Gasteiger partial charge is 0.371 e. The molecule has 2 aromatic rings. The molecule has 6 heteroatoms. The van der Waals surface area contributed by atoms with Gasteiger partial charge in [-0.1, -0.05) is 13.0 Å². The molecule has 2 rings (SSSR count). The SMILES string of the molecule is CCc1nn(C)cc1N[C@@H](C)C(=O)Nc1cccc(F)c1. The smallest absolute Gasteiger partial charge is 0.246 e. The molecule has 0 aliphatic heterocycles. The van der Waals surface area contributed by atoms with Crippen molar-refractivity contribution in [2.24, 2.45) is 7.05 Å². The lowest BCUT2D eigenvalue weighted by Crippen LogP contribution is -2.32. The van der Waals surface area contributed by atoms with Crippen LogP contribution >= 0.6 is 0 Å². The zero-order valence-electron chi connectivity index (χ0n) is 12.4. The van der Waals surface area contributed by atoms with Crippen LogP contribution in [0, 0.1) is 5.82 Å². The summed E-state index contributed by atoms with van der Waals surface area (Å²) in [6.07, 6.45) is 2.62. The first-order chi connectivity index (χ1) is 9.99. The third kappa shape index (κ3) is 3.81. The molecule has 5 nitrogen and oxygen atoms in total. The van der Waals surface area contributed by atoms with Crippen molar-refractivity contribution >= 4 is 17.3 Å². The van der Waals surface area contributed by atoms with Crippen LogP contribution in [0.1, 0.15) is 19.5 Å². The van der Waals surface area contributed by atoms with Crippen molar-refractivity contribution in [3.63, 3.8) is 0 Å². The molecule has 1 aromatic heterocycles. The topological polar surface area (TPSA) is 59.0 Å². The molecule has 2 N–H and O–H groups in total. The van der Waals surface area contributed by atoms with E-state index in [0.717, 1.165) is 17.8 Å². The van der Waals surface area contributed by atoms with E-state index in [0.29, 0.717) is 5.69 Å². The van der Waals surface area contributed by atoms with Gasteiger partial charge in [-0.3, -0.25) is 9.48 Å². The van der Waals surface area contributed by atoms with Crippen LogP contribution in [-0.4, -0.2) is 21.7 Å². The number of hydrogen-bond acceptors (Lipinski definition) is 3. The molecule has 1 atom stereocenters. The van der Waals surface area contributed by atoms with Crippen LogP contribution in [0.5, 0.6) is 0 Å². The minimum absolute atomic E-state index is 0.230. The van der Waals surface area contributed by atoms with Crippen molar-refractivity contribution in [1.82, 2.24) is 9.78 Å². The second-order valence-electron chi connectivity index (χ2n) is 4.88. The van der Waals surface area contributed by atoms with Gasteiger partial charge in [-0.15, -0.1) is 0 Å². The number of benzene rings is 1. The highest BCUT2D eigenvalue weighted by Gasteiger charge is 2.16. The Morgan fingerprint density at radius 3 is 2.90 bits per heavy atom. The predicted molar refractivity (Wildman–Crippen MR) is 80.7 cm³/mol. The lowest BCUT2D eigenvalue weighted by molar-refractivity contribution is -0.116. The molecule has 0 aliphatic rings. The number of rotatable bonds is 5. The molecular weight excluding hydrogens is 271 g/mol. The van der Waals surface area contributed by atoms with Crippen LogP contribution in [0.25, 0.3) is 0 Å². The number of aryl methyl sites for hydroxylation is 2. The Hall–Kier alpha value is -2.37. The molecule has 0 saturated heterocycles. The van der Waals surface area contributed by atoms with Crippen LogP contribution in [0.3, 0.4) is 0 Å². The maximum atomic E-state index is 13.1. The summed E-state index contributed by atoms with van der Waals surface area (Å²) in [5, 5.41) is 10.1. The summed E-state index contributed by atoms with van der Waals surface area (Å²) in [4.78, 5) is 12.1. The second-order valence-corrected chi connectivity index (χ2v) is 4.88. The fourth-order valence-corrected chi connectivity index (χ4v) is 2.03. The Kier molecular flexibility index (Phi) is 4.57. The zero-order chi connectivity index (χ0) is 15.4. The van der Waals surface area contributed by atoms with Crippen molar-refractivity contribution in [1.29, 1.82) is 0 Å². The lowest BCUT2D eigenvalue weighted by atomic mass is 10.2. The highest BCUT2D eigenvalue weighted by atomic mass is 19.1. The van der Waals surface area contributed by atoms with E-state index in [1.165, 1.54) is 12.1 Å². The Labute approximate surface area is 123 Å².